The number of primary amides is 1. The first kappa shape index (κ1) is 18.3. The molecule has 1 amide bonds. The highest BCUT2D eigenvalue weighted by atomic mass is 16.3. The monoisotopic (exact) mass is 393 g/mol. The van der Waals surface area contributed by atoms with Crippen LogP contribution in [0.5, 0.6) is 0 Å². The number of nitrogens with two attached hydrogens (primary N) is 1. The van der Waals surface area contributed by atoms with Crippen molar-refractivity contribution in [3.63, 3.8) is 0 Å². The third-order valence-electron chi connectivity index (χ3n) is 5.64. The van der Waals surface area contributed by atoms with Crippen molar-refractivity contribution in [3.05, 3.63) is 95.7 Å². The van der Waals surface area contributed by atoms with Crippen LogP contribution >= 0.6 is 0 Å². The summed E-state index contributed by atoms with van der Waals surface area (Å²) in [7, 11) is 0. The summed E-state index contributed by atoms with van der Waals surface area (Å²) in [6.45, 7) is 2.83. The molecule has 0 aliphatic heterocycles. The third-order valence-corrected chi connectivity index (χ3v) is 5.64. The molecule has 0 saturated heterocycles. The maximum absolute atomic E-state index is 12.1. The maximum Gasteiger partial charge on any atom is 0.249 e. The number of nitrogens with zero attached hydrogens (tertiary/aromatic N) is 1. The fourth-order valence-corrected chi connectivity index (χ4v) is 4.08. The predicted octanol–water partition coefficient (Wildman–Crippen LogP) is 5.56. The summed E-state index contributed by atoms with van der Waals surface area (Å²) in [4.78, 5) is 12.1. The van der Waals surface area contributed by atoms with Gasteiger partial charge in [-0.1, -0.05) is 37.3 Å². The smallest absolute Gasteiger partial charge is 0.249 e. The van der Waals surface area contributed by atoms with Crippen LogP contribution in [0, 0.1) is 6.07 Å². The first-order chi connectivity index (χ1) is 14.7. The van der Waals surface area contributed by atoms with Crippen LogP contribution in [0.1, 0.15) is 28.4 Å². The van der Waals surface area contributed by atoms with E-state index in [4.69, 9.17) is 10.2 Å². The van der Waals surface area contributed by atoms with Crippen molar-refractivity contribution < 1.29 is 9.21 Å². The van der Waals surface area contributed by atoms with Gasteiger partial charge in [0.2, 0.25) is 5.91 Å². The summed E-state index contributed by atoms with van der Waals surface area (Å²) in [6.07, 6.45) is 2.68. The summed E-state index contributed by atoms with van der Waals surface area (Å²) < 4.78 is 7.81. The summed E-state index contributed by atoms with van der Waals surface area (Å²) >= 11 is 0. The highest BCUT2D eigenvalue weighted by Crippen LogP contribution is 2.34. The van der Waals surface area contributed by atoms with Crippen molar-refractivity contribution in [3.8, 4) is 11.3 Å². The molecule has 0 saturated carbocycles. The highest BCUT2D eigenvalue weighted by Gasteiger charge is 2.18. The molecule has 0 aliphatic rings. The first-order valence-corrected chi connectivity index (χ1v) is 10.0. The zero-order valence-electron chi connectivity index (χ0n) is 16.7. The normalized spacial score (nSPS) is 11.4. The van der Waals surface area contributed by atoms with Gasteiger partial charge >= 0.3 is 0 Å². The van der Waals surface area contributed by atoms with Gasteiger partial charge in [-0.05, 0) is 60.0 Å². The van der Waals surface area contributed by atoms with Gasteiger partial charge in [-0.3, -0.25) is 4.79 Å². The Kier molecular flexibility index (Phi) is 4.40. The van der Waals surface area contributed by atoms with E-state index in [9.17, 15) is 4.79 Å². The van der Waals surface area contributed by atoms with Gasteiger partial charge < -0.3 is 14.7 Å². The molecule has 0 fully saturated rings. The summed E-state index contributed by atoms with van der Waals surface area (Å²) in [5, 5.41) is 1.73. The topological polar surface area (TPSA) is 61.2 Å². The Morgan fingerprint density at radius 1 is 1.03 bits per heavy atom. The van der Waals surface area contributed by atoms with Gasteiger partial charge in [0.25, 0.3) is 0 Å². The van der Waals surface area contributed by atoms with Crippen LogP contribution in [-0.4, -0.2) is 10.5 Å². The van der Waals surface area contributed by atoms with Crippen molar-refractivity contribution in [2.45, 2.75) is 19.9 Å². The van der Waals surface area contributed by atoms with Crippen LogP contribution < -0.4 is 5.73 Å². The maximum atomic E-state index is 12.1. The lowest BCUT2D eigenvalue weighted by molar-refractivity contribution is 0.100. The Labute approximate surface area is 174 Å². The van der Waals surface area contributed by atoms with Crippen LogP contribution in [0.25, 0.3) is 33.1 Å². The van der Waals surface area contributed by atoms with E-state index >= 15 is 0 Å². The average molecular weight is 393 g/mol. The number of carbonyl (C=O) groups is 1. The van der Waals surface area contributed by atoms with Crippen LogP contribution in [-0.2, 0) is 13.0 Å². The number of benzene rings is 3. The fourth-order valence-electron chi connectivity index (χ4n) is 4.08. The van der Waals surface area contributed by atoms with Crippen molar-refractivity contribution >= 4 is 27.7 Å². The lowest BCUT2D eigenvalue weighted by atomic mass is 10.0. The average Bonchev–Trinajstić information content (AvgIpc) is 3.41. The lowest BCUT2D eigenvalue weighted by Gasteiger charge is -2.09. The molecule has 2 aromatic heterocycles. The van der Waals surface area contributed by atoms with Crippen molar-refractivity contribution in [2.24, 2.45) is 5.73 Å². The number of aromatic nitrogens is 1. The number of hydrogen-bond donors (Lipinski definition) is 1. The third kappa shape index (κ3) is 2.98. The standard InChI is InChI=1S/C26H21N2O2/c1-2-17-8-10-18(11-9-17)16-28-22-6-3-5-21(26(27)29)25(22)20-13-12-19(15-23(20)28)24-7-4-14-30-24/h3-12,14-15H,2,16H2,1H3,(H2,27,29). The van der Waals surface area contributed by atoms with E-state index in [1.807, 2.05) is 30.3 Å². The van der Waals surface area contributed by atoms with Gasteiger partial charge in [-0.15, -0.1) is 0 Å². The molecule has 4 nitrogen and oxygen atoms in total. The van der Waals surface area contributed by atoms with Crippen molar-refractivity contribution in [2.75, 3.05) is 0 Å². The van der Waals surface area contributed by atoms with Gasteiger partial charge in [0.1, 0.15) is 5.76 Å². The minimum atomic E-state index is -0.435. The molecule has 2 N–H and O–H groups in total. The number of hydrogen-bond acceptors (Lipinski definition) is 2. The molecule has 0 aliphatic carbocycles. The van der Waals surface area contributed by atoms with E-state index in [-0.39, 0.29) is 0 Å². The molecule has 1 radical (unpaired) electrons. The highest BCUT2D eigenvalue weighted by molar-refractivity contribution is 6.18. The lowest BCUT2D eigenvalue weighted by Crippen LogP contribution is -2.11. The molecule has 0 bridgehead atoms. The minimum absolute atomic E-state index is 0.435. The molecule has 2 heterocycles. The van der Waals surface area contributed by atoms with E-state index in [0.717, 1.165) is 39.6 Å². The first-order valence-electron chi connectivity index (χ1n) is 10.0. The van der Waals surface area contributed by atoms with E-state index in [2.05, 4.69) is 47.9 Å². The van der Waals surface area contributed by atoms with Crippen LogP contribution in [0.2, 0.25) is 0 Å². The zero-order valence-corrected chi connectivity index (χ0v) is 16.7. The second-order valence-corrected chi connectivity index (χ2v) is 7.45. The van der Waals surface area contributed by atoms with Gasteiger partial charge in [0.05, 0.1) is 17.3 Å². The van der Waals surface area contributed by atoms with Crippen LogP contribution in [0.3, 0.4) is 0 Å². The quantitative estimate of drug-likeness (QED) is 0.425. The Morgan fingerprint density at radius 2 is 1.83 bits per heavy atom. The minimum Gasteiger partial charge on any atom is -0.464 e. The molecule has 0 spiro atoms. The van der Waals surface area contributed by atoms with Crippen LogP contribution in [0.15, 0.2) is 77.4 Å². The second-order valence-electron chi connectivity index (χ2n) is 7.45. The van der Waals surface area contributed by atoms with Gasteiger partial charge in [0, 0.05) is 28.4 Å². The molecule has 30 heavy (non-hydrogen) atoms. The zero-order chi connectivity index (χ0) is 20.7. The Balaban J connectivity index is 1.77. The molecular formula is C26H21N2O2. The van der Waals surface area contributed by atoms with E-state index in [0.29, 0.717) is 12.1 Å². The number of furan rings is 1. The summed E-state index contributed by atoms with van der Waals surface area (Å²) in [5.41, 5.74) is 11.6. The number of amides is 1. The Morgan fingerprint density at radius 3 is 2.53 bits per heavy atom. The molecular weight excluding hydrogens is 372 g/mol. The predicted molar refractivity (Wildman–Crippen MR) is 119 cm³/mol. The number of rotatable bonds is 5. The van der Waals surface area contributed by atoms with Gasteiger partial charge in [-0.2, -0.15) is 0 Å². The molecule has 5 rings (SSSR count). The molecule has 3 aromatic carbocycles. The van der Waals surface area contributed by atoms with Gasteiger partial charge in [0.15, 0.2) is 0 Å². The van der Waals surface area contributed by atoms with E-state index in [1.54, 1.807) is 12.3 Å². The fraction of sp³-hybridized carbons (Fsp3) is 0.115. The van der Waals surface area contributed by atoms with E-state index < -0.39 is 5.91 Å². The van der Waals surface area contributed by atoms with Crippen LogP contribution in [0.4, 0.5) is 0 Å². The second kappa shape index (κ2) is 7.23. The van der Waals surface area contributed by atoms with E-state index in [1.165, 1.54) is 11.1 Å². The van der Waals surface area contributed by atoms with Crippen molar-refractivity contribution in [1.29, 1.82) is 0 Å². The molecule has 0 atom stereocenters. The number of carbonyl (C=O) groups excluding carboxylic acids is 1. The number of aryl methyl sites for hydroxylation is 1. The largest absolute Gasteiger partial charge is 0.464 e. The Bertz CT molecular complexity index is 1360. The summed E-state index contributed by atoms with van der Waals surface area (Å²) in [5.74, 6) is 0.350. The molecule has 147 valence electrons. The Hall–Kier alpha value is -3.79. The molecule has 4 heteroatoms. The molecule has 5 aromatic rings. The van der Waals surface area contributed by atoms with Gasteiger partial charge in [-0.25, -0.2) is 0 Å². The van der Waals surface area contributed by atoms with Crippen molar-refractivity contribution in [1.82, 2.24) is 4.57 Å². The molecule has 0 unspecified atom stereocenters. The number of fused-ring (bicyclic) bond motifs is 3. The summed E-state index contributed by atoms with van der Waals surface area (Å²) in [6, 6.07) is 25.5. The SMILES string of the molecule is CCc1ccc(Cn2c3cc(-c4ccco4)c[c]c3c3c(C(N)=O)cccc32)cc1.